The molecular formula is C14H21ClN2S. The number of hydrogen-bond donors (Lipinski definition) is 2. The van der Waals surface area contributed by atoms with Crippen molar-refractivity contribution in [3.05, 3.63) is 29.3 Å². The van der Waals surface area contributed by atoms with Crippen LogP contribution in [0.2, 0.25) is 5.02 Å². The van der Waals surface area contributed by atoms with E-state index in [4.69, 9.17) is 22.7 Å². The summed E-state index contributed by atoms with van der Waals surface area (Å²) in [5.74, 6) is 1.38. The predicted octanol–water partition coefficient (Wildman–Crippen LogP) is 4.56. The van der Waals surface area contributed by atoms with Crippen molar-refractivity contribution in [2.75, 3.05) is 5.75 Å². The van der Waals surface area contributed by atoms with Crippen LogP contribution in [0.15, 0.2) is 29.2 Å². The average Bonchev–Trinajstić information content (AvgIpc) is 2.31. The van der Waals surface area contributed by atoms with Crippen LogP contribution in [0.25, 0.3) is 0 Å². The third-order valence-corrected chi connectivity index (χ3v) is 4.36. The third-order valence-electron chi connectivity index (χ3n) is 3.01. The molecule has 4 heteroatoms. The normalized spacial score (nSPS) is 11.5. The van der Waals surface area contributed by atoms with E-state index < -0.39 is 0 Å². The number of unbranched alkanes of at least 4 members (excludes halogenated alkanes) is 1. The molecule has 0 saturated heterocycles. The van der Waals surface area contributed by atoms with Gasteiger partial charge in [-0.15, -0.1) is 11.8 Å². The van der Waals surface area contributed by atoms with Gasteiger partial charge >= 0.3 is 0 Å². The molecule has 18 heavy (non-hydrogen) atoms. The summed E-state index contributed by atoms with van der Waals surface area (Å²) in [6.45, 7) is 4.06. The molecule has 100 valence electrons. The van der Waals surface area contributed by atoms with Crippen molar-refractivity contribution >= 4 is 29.2 Å². The molecule has 0 aliphatic heterocycles. The van der Waals surface area contributed by atoms with Gasteiger partial charge in [0.05, 0.1) is 5.84 Å². The van der Waals surface area contributed by atoms with E-state index in [9.17, 15) is 0 Å². The second kappa shape index (κ2) is 7.05. The van der Waals surface area contributed by atoms with Crippen molar-refractivity contribution < 1.29 is 0 Å². The lowest BCUT2D eigenvalue weighted by Crippen LogP contribution is -2.30. The minimum Gasteiger partial charge on any atom is -0.387 e. The van der Waals surface area contributed by atoms with Gasteiger partial charge in [0.1, 0.15) is 0 Å². The smallest absolute Gasteiger partial charge is 0.0963 e. The van der Waals surface area contributed by atoms with E-state index in [0.717, 1.165) is 30.0 Å². The number of benzene rings is 1. The molecule has 0 unspecified atom stereocenters. The molecule has 0 aromatic heterocycles. The first kappa shape index (κ1) is 15.4. The van der Waals surface area contributed by atoms with Crippen LogP contribution in [-0.4, -0.2) is 11.6 Å². The highest BCUT2D eigenvalue weighted by atomic mass is 35.5. The van der Waals surface area contributed by atoms with Crippen molar-refractivity contribution in [3.8, 4) is 0 Å². The molecule has 0 aliphatic rings. The second-order valence-electron chi connectivity index (χ2n) is 5.06. The Balaban J connectivity index is 2.20. The Kier molecular flexibility index (Phi) is 6.03. The molecule has 3 N–H and O–H groups in total. The number of halogens is 1. The molecule has 0 atom stereocenters. The Morgan fingerprint density at radius 1 is 1.28 bits per heavy atom. The molecule has 0 bridgehead atoms. The van der Waals surface area contributed by atoms with Crippen LogP contribution in [0.3, 0.4) is 0 Å². The minimum absolute atomic E-state index is 0.162. The first-order valence-electron chi connectivity index (χ1n) is 6.15. The van der Waals surface area contributed by atoms with Gasteiger partial charge < -0.3 is 5.73 Å². The zero-order chi connectivity index (χ0) is 13.6. The summed E-state index contributed by atoms with van der Waals surface area (Å²) in [6.07, 6.45) is 3.22. The largest absolute Gasteiger partial charge is 0.387 e. The van der Waals surface area contributed by atoms with Crippen molar-refractivity contribution in [1.29, 1.82) is 5.41 Å². The van der Waals surface area contributed by atoms with Gasteiger partial charge in [-0.25, -0.2) is 0 Å². The molecule has 0 aliphatic carbocycles. The van der Waals surface area contributed by atoms with Crippen LogP contribution in [0.5, 0.6) is 0 Å². The number of nitrogens with two attached hydrogens (primary N) is 1. The zero-order valence-corrected chi connectivity index (χ0v) is 12.6. The highest BCUT2D eigenvalue weighted by Gasteiger charge is 2.20. The maximum absolute atomic E-state index is 7.49. The maximum Gasteiger partial charge on any atom is 0.0963 e. The molecule has 0 spiro atoms. The standard InChI is InChI=1S/C14H21ClN2S/c1-14(2,13(16)17)9-3-4-10-18-12-7-5-11(15)6-8-12/h5-8H,3-4,9-10H2,1-2H3,(H3,16,17). The van der Waals surface area contributed by atoms with E-state index in [0.29, 0.717) is 0 Å². The molecule has 0 amide bonds. The maximum atomic E-state index is 7.49. The Morgan fingerprint density at radius 2 is 1.89 bits per heavy atom. The Bertz CT molecular complexity index is 387. The number of nitrogens with one attached hydrogen (secondary N) is 1. The summed E-state index contributed by atoms with van der Waals surface area (Å²) >= 11 is 7.68. The van der Waals surface area contributed by atoms with E-state index in [2.05, 4.69) is 0 Å². The molecule has 1 aromatic carbocycles. The van der Waals surface area contributed by atoms with Crippen LogP contribution >= 0.6 is 23.4 Å². The number of thioether (sulfide) groups is 1. The van der Waals surface area contributed by atoms with E-state index in [-0.39, 0.29) is 11.3 Å². The van der Waals surface area contributed by atoms with Crippen LogP contribution in [0.4, 0.5) is 0 Å². The fourth-order valence-corrected chi connectivity index (χ4v) is 2.56. The second-order valence-corrected chi connectivity index (χ2v) is 6.66. The Hall–Kier alpha value is -0.670. The fraction of sp³-hybridized carbons (Fsp3) is 0.500. The summed E-state index contributed by atoms with van der Waals surface area (Å²) in [5, 5.41) is 8.27. The van der Waals surface area contributed by atoms with Crippen LogP contribution in [0, 0.1) is 10.8 Å². The topological polar surface area (TPSA) is 49.9 Å². The average molecular weight is 285 g/mol. The quantitative estimate of drug-likeness (QED) is 0.334. The molecule has 0 heterocycles. The molecule has 0 fully saturated rings. The minimum atomic E-state index is -0.162. The third kappa shape index (κ3) is 5.32. The summed E-state index contributed by atoms with van der Waals surface area (Å²) in [4.78, 5) is 1.25. The van der Waals surface area contributed by atoms with Crippen LogP contribution in [-0.2, 0) is 0 Å². The van der Waals surface area contributed by atoms with Gasteiger partial charge in [-0.2, -0.15) is 0 Å². The van der Waals surface area contributed by atoms with E-state index in [1.807, 2.05) is 49.9 Å². The highest BCUT2D eigenvalue weighted by molar-refractivity contribution is 7.99. The number of rotatable bonds is 7. The molecule has 0 saturated carbocycles. The lowest BCUT2D eigenvalue weighted by molar-refractivity contribution is 0.448. The van der Waals surface area contributed by atoms with E-state index in [1.54, 1.807) is 0 Å². The van der Waals surface area contributed by atoms with Gasteiger partial charge in [0.15, 0.2) is 0 Å². The Morgan fingerprint density at radius 3 is 2.44 bits per heavy atom. The van der Waals surface area contributed by atoms with Gasteiger partial charge in [0, 0.05) is 15.3 Å². The zero-order valence-electron chi connectivity index (χ0n) is 11.0. The van der Waals surface area contributed by atoms with Gasteiger partial charge in [0.2, 0.25) is 0 Å². The SMILES string of the molecule is CC(C)(CCCCSc1ccc(Cl)cc1)C(=N)N. The molecular weight excluding hydrogens is 264 g/mol. The summed E-state index contributed by atoms with van der Waals surface area (Å²) in [7, 11) is 0. The first-order chi connectivity index (χ1) is 8.42. The van der Waals surface area contributed by atoms with Crippen molar-refractivity contribution in [1.82, 2.24) is 0 Å². The van der Waals surface area contributed by atoms with Crippen molar-refractivity contribution in [2.45, 2.75) is 38.0 Å². The van der Waals surface area contributed by atoms with E-state index in [1.165, 1.54) is 4.90 Å². The molecule has 1 rings (SSSR count). The van der Waals surface area contributed by atoms with E-state index >= 15 is 0 Å². The molecule has 1 aromatic rings. The van der Waals surface area contributed by atoms with Gasteiger partial charge in [-0.05, 0) is 42.9 Å². The summed E-state index contributed by atoms with van der Waals surface area (Å²) in [6, 6.07) is 7.94. The van der Waals surface area contributed by atoms with Crippen molar-refractivity contribution in [3.63, 3.8) is 0 Å². The fourth-order valence-electron chi connectivity index (χ4n) is 1.52. The predicted molar refractivity (Wildman–Crippen MR) is 81.7 cm³/mol. The lowest BCUT2D eigenvalue weighted by Gasteiger charge is -2.22. The molecule has 0 radical (unpaired) electrons. The lowest BCUT2D eigenvalue weighted by atomic mass is 9.86. The first-order valence-corrected chi connectivity index (χ1v) is 7.51. The van der Waals surface area contributed by atoms with Crippen LogP contribution < -0.4 is 5.73 Å². The van der Waals surface area contributed by atoms with Gasteiger partial charge in [-0.1, -0.05) is 31.9 Å². The van der Waals surface area contributed by atoms with Gasteiger partial charge in [0.25, 0.3) is 0 Å². The van der Waals surface area contributed by atoms with Crippen molar-refractivity contribution in [2.24, 2.45) is 11.1 Å². The summed E-state index contributed by atoms with van der Waals surface area (Å²) < 4.78 is 0. The number of amidine groups is 1. The Labute approximate surface area is 119 Å². The monoisotopic (exact) mass is 284 g/mol. The molecule has 2 nitrogen and oxygen atoms in total. The number of hydrogen-bond acceptors (Lipinski definition) is 2. The van der Waals surface area contributed by atoms with Crippen LogP contribution in [0.1, 0.15) is 33.1 Å². The highest BCUT2D eigenvalue weighted by Crippen LogP contribution is 2.25. The van der Waals surface area contributed by atoms with Gasteiger partial charge in [-0.3, -0.25) is 5.41 Å². The summed E-state index contributed by atoms with van der Waals surface area (Å²) in [5.41, 5.74) is 5.39.